The molecular formula is C22H19Br2Cl2NO2. The van der Waals surface area contributed by atoms with Crippen molar-refractivity contribution < 1.29 is 9.47 Å². The lowest BCUT2D eigenvalue weighted by Gasteiger charge is -2.16. The maximum atomic E-state index is 6.25. The second kappa shape index (κ2) is 10.6. The molecule has 1 N–H and O–H groups in total. The molecule has 0 bridgehead atoms. The third-order valence-corrected chi connectivity index (χ3v) is 5.99. The van der Waals surface area contributed by atoms with E-state index < -0.39 is 0 Å². The molecule has 0 spiro atoms. The number of benzene rings is 3. The van der Waals surface area contributed by atoms with Crippen LogP contribution in [-0.4, -0.2) is 6.61 Å². The Kier molecular flexibility index (Phi) is 8.13. The van der Waals surface area contributed by atoms with Gasteiger partial charge in [-0.15, -0.1) is 0 Å². The Bertz CT molecular complexity index is 981. The van der Waals surface area contributed by atoms with Crippen molar-refractivity contribution in [3.8, 4) is 11.5 Å². The summed E-state index contributed by atoms with van der Waals surface area (Å²) < 4.78 is 13.8. The van der Waals surface area contributed by atoms with Crippen LogP contribution in [0.1, 0.15) is 18.1 Å². The summed E-state index contributed by atoms with van der Waals surface area (Å²) >= 11 is 19.3. The Hall–Kier alpha value is -1.40. The van der Waals surface area contributed by atoms with Gasteiger partial charge in [-0.3, -0.25) is 0 Å². The molecule has 29 heavy (non-hydrogen) atoms. The van der Waals surface area contributed by atoms with Crippen LogP contribution in [0.5, 0.6) is 11.5 Å². The van der Waals surface area contributed by atoms with Gasteiger partial charge in [0.15, 0.2) is 11.5 Å². The Morgan fingerprint density at radius 3 is 2.28 bits per heavy atom. The molecule has 0 unspecified atom stereocenters. The van der Waals surface area contributed by atoms with Crippen LogP contribution in [0.15, 0.2) is 63.5 Å². The second-order valence-corrected chi connectivity index (χ2v) is 8.82. The van der Waals surface area contributed by atoms with Gasteiger partial charge >= 0.3 is 0 Å². The van der Waals surface area contributed by atoms with Gasteiger partial charge in [-0.1, -0.05) is 61.1 Å². The molecule has 0 radical (unpaired) electrons. The molecule has 0 saturated carbocycles. The first-order valence-corrected chi connectivity index (χ1v) is 11.3. The minimum Gasteiger partial charge on any atom is -0.490 e. The molecule has 0 saturated heterocycles. The number of ether oxygens (including phenoxy) is 2. The van der Waals surface area contributed by atoms with E-state index in [1.165, 1.54) is 0 Å². The Balaban J connectivity index is 1.75. The standard InChI is InChI=1S/C22H19Br2Cl2NO2/c1-2-28-21-9-15(12-27-18-7-4-16(23)5-8-18)19(24)11-22(21)29-13-14-3-6-17(25)10-20(14)26/h3-11,27H,2,12-13H2,1H3. The average Bonchev–Trinajstić information content (AvgIpc) is 2.69. The lowest BCUT2D eigenvalue weighted by molar-refractivity contribution is 0.269. The summed E-state index contributed by atoms with van der Waals surface area (Å²) in [6.07, 6.45) is 0. The Morgan fingerprint density at radius 1 is 0.862 bits per heavy atom. The molecule has 7 heteroatoms. The molecule has 3 aromatic rings. The van der Waals surface area contributed by atoms with Crippen LogP contribution in [0.2, 0.25) is 10.0 Å². The molecule has 0 fully saturated rings. The molecule has 0 aliphatic rings. The zero-order valence-corrected chi connectivity index (χ0v) is 20.3. The fourth-order valence-electron chi connectivity index (χ4n) is 2.65. The van der Waals surface area contributed by atoms with E-state index in [1.54, 1.807) is 12.1 Å². The largest absolute Gasteiger partial charge is 0.490 e. The van der Waals surface area contributed by atoms with Crippen LogP contribution in [0.4, 0.5) is 5.69 Å². The minimum absolute atomic E-state index is 0.318. The molecule has 3 nitrogen and oxygen atoms in total. The molecule has 152 valence electrons. The first kappa shape index (κ1) is 22.3. The molecule has 0 aliphatic heterocycles. The van der Waals surface area contributed by atoms with Crippen molar-refractivity contribution in [1.29, 1.82) is 0 Å². The van der Waals surface area contributed by atoms with Crippen LogP contribution in [0, 0.1) is 0 Å². The number of nitrogens with one attached hydrogen (secondary N) is 1. The summed E-state index contributed by atoms with van der Waals surface area (Å²) in [7, 11) is 0. The predicted molar refractivity (Wildman–Crippen MR) is 128 cm³/mol. The lowest BCUT2D eigenvalue weighted by atomic mass is 10.2. The van der Waals surface area contributed by atoms with Crippen molar-refractivity contribution in [2.45, 2.75) is 20.1 Å². The minimum atomic E-state index is 0.318. The molecule has 0 aliphatic carbocycles. The molecular weight excluding hydrogens is 541 g/mol. The molecule has 0 aromatic heterocycles. The fourth-order valence-corrected chi connectivity index (χ4v) is 3.84. The van der Waals surface area contributed by atoms with Gasteiger partial charge in [0, 0.05) is 36.8 Å². The number of rotatable bonds is 8. The fraction of sp³-hybridized carbons (Fsp3) is 0.182. The number of halogens is 4. The molecule has 0 amide bonds. The van der Waals surface area contributed by atoms with Crippen molar-refractivity contribution in [2.75, 3.05) is 11.9 Å². The molecule has 0 atom stereocenters. The summed E-state index contributed by atoms with van der Waals surface area (Å²) in [5.74, 6) is 1.34. The molecule has 3 aromatic carbocycles. The highest BCUT2D eigenvalue weighted by molar-refractivity contribution is 9.10. The van der Waals surface area contributed by atoms with Crippen molar-refractivity contribution in [3.63, 3.8) is 0 Å². The van der Waals surface area contributed by atoms with Crippen molar-refractivity contribution in [1.82, 2.24) is 0 Å². The summed E-state index contributed by atoms with van der Waals surface area (Å²) in [6.45, 7) is 3.45. The molecule has 0 heterocycles. The van der Waals surface area contributed by atoms with E-state index in [0.717, 1.165) is 25.8 Å². The van der Waals surface area contributed by atoms with Gasteiger partial charge in [-0.05, 0) is 61.0 Å². The monoisotopic (exact) mass is 557 g/mol. The van der Waals surface area contributed by atoms with Crippen LogP contribution >= 0.6 is 55.1 Å². The summed E-state index contributed by atoms with van der Waals surface area (Å²) in [4.78, 5) is 0. The van der Waals surface area contributed by atoms with E-state index in [2.05, 4.69) is 37.2 Å². The third kappa shape index (κ3) is 6.29. The van der Waals surface area contributed by atoms with Gasteiger partial charge < -0.3 is 14.8 Å². The van der Waals surface area contributed by atoms with E-state index in [0.29, 0.717) is 41.3 Å². The SMILES string of the molecule is CCOc1cc(CNc2ccc(Br)cc2)c(Br)cc1OCc1ccc(Cl)cc1Cl. The van der Waals surface area contributed by atoms with Gasteiger partial charge in [0.05, 0.1) is 6.61 Å². The number of anilines is 1. The maximum Gasteiger partial charge on any atom is 0.162 e. The topological polar surface area (TPSA) is 30.5 Å². The van der Waals surface area contributed by atoms with Crippen molar-refractivity contribution in [3.05, 3.63) is 84.7 Å². The van der Waals surface area contributed by atoms with E-state index in [-0.39, 0.29) is 0 Å². The molecule has 3 rings (SSSR count). The van der Waals surface area contributed by atoms with Crippen LogP contribution in [0.3, 0.4) is 0 Å². The summed E-state index contributed by atoms with van der Waals surface area (Å²) in [5, 5.41) is 4.58. The van der Waals surface area contributed by atoms with Crippen molar-refractivity contribution in [2.24, 2.45) is 0 Å². The average molecular weight is 560 g/mol. The first-order valence-electron chi connectivity index (χ1n) is 8.97. The highest BCUT2D eigenvalue weighted by atomic mass is 79.9. The first-order chi connectivity index (χ1) is 14.0. The highest BCUT2D eigenvalue weighted by Gasteiger charge is 2.12. The highest BCUT2D eigenvalue weighted by Crippen LogP contribution is 2.35. The third-order valence-electron chi connectivity index (χ3n) is 4.14. The lowest BCUT2D eigenvalue weighted by Crippen LogP contribution is -2.04. The van der Waals surface area contributed by atoms with Gasteiger partial charge in [0.25, 0.3) is 0 Å². The normalized spacial score (nSPS) is 10.7. The summed E-state index contributed by atoms with van der Waals surface area (Å²) in [5.41, 5.74) is 2.96. The van der Waals surface area contributed by atoms with Gasteiger partial charge in [0.1, 0.15) is 6.61 Å². The van der Waals surface area contributed by atoms with Crippen LogP contribution < -0.4 is 14.8 Å². The van der Waals surface area contributed by atoms with Gasteiger partial charge in [0.2, 0.25) is 0 Å². The smallest absolute Gasteiger partial charge is 0.162 e. The van der Waals surface area contributed by atoms with E-state index >= 15 is 0 Å². The summed E-state index contributed by atoms with van der Waals surface area (Å²) in [6, 6.07) is 17.3. The number of hydrogen-bond acceptors (Lipinski definition) is 3. The van der Waals surface area contributed by atoms with E-state index in [1.807, 2.05) is 49.4 Å². The Labute approximate surface area is 197 Å². The quantitative estimate of drug-likeness (QED) is 0.302. The Morgan fingerprint density at radius 2 is 1.59 bits per heavy atom. The van der Waals surface area contributed by atoms with Crippen LogP contribution in [-0.2, 0) is 13.2 Å². The van der Waals surface area contributed by atoms with E-state index in [4.69, 9.17) is 32.7 Å². The maximum absolute atomic E-state index is 6.25. The van der Waals surface area contributed by atoms with E-state index in [9.17, 15) is 0 Å². The van der Waals surface area contributed by atoms with Crippen LogP contribution in [0.25, 0.3) is 0 Å². The van der Waals surface area contributed by atoms with Gasteiger partial charge in [-0.2, -0.15) is 0 Å². The second-order valence-electron chi connectivity index (χ2n) is 6.21. The number of hydrogen-bond donors (Lipinski definition) is 1. The zero-order chi connectivity index (χ0) is 20.8. The zero-order valence-electron chi connectivity index (χ0n) is 15.6. The van der Waals surface area contributed by atoms with Crippen molar-refractivity contribution >= 4 is 60.7 Å². The van der Waals surface area contributed by atoms with Gasteiger partial charge in [-0.25, -0.2) is 0 Å². The predicted octanol–water partition coefficient (Wildman–Crippen LogP) is 8.11.